The van der Waals surface area contributed by atoms with Crippen LogP contribution in [0.25, 0.3) is 0 Å². The fourth-order valence-electron chi connectivity index (χ4n) is 0.767. The number of benzene rings is 1. The summed E-state index contributed by atoms with van der Waals surface area (Å²) in [5.74, 6) is -2.35. The molecule has 1 rings (SSSR count). The van der Waals surface area contributed by atoms with E-state index in [1.807, 2.05) is 0 Å². The van der Waals surface area contributed by atoms with Crippen molar-refractivity contribution >= 4 is 15.9 Å². The second-order valence-corrected chi connectivity index (χ2v) is 3.73. The highest BCUT2D eigenvalue weighted by atomic mass is 79.9. The third-order valence-electron chi connectivity index (χ3n) is 1.29. The first-order chi connectivity index (χ1) is 5.97. The normalized spacial score (nSPS) is 11.4. The minimum absolute atomic E-state index is 0.441. The number of ether oxygens (including phenoxy) is 1. The summed E-state index contributed by atoms with van der Waals surface area (Å²) in [5, 5.41) is 0. The Hall–Kier alpha value is -0.640. The maximum absolute atomic E-state index is 12.4. The van der Waals surface area contributed by atoms with Crippen molar-refractivity contribution in [3.05, 3.63) is 28.7 Å². The molecule has 0 aliphatic carbocycles. The molecule has 0 aromatic heterocycles. The highest BCUT2D eigenvalue weighted by molar-refractivity contribution is 9.10. The Morgan fingerprint density at radius 1 is 1.46 bits per heavy atom. The molecule has 1 aromatic carbocycles. The van der Waals surface area contributed by atoms with Crippen molar-refractivity contribution in [2.24, 2.45) is 0 Å². The minimum atomic E-state index is -2.79. The van der Waals surface area contributed by atoms with Crippen LogP contribution in [0.5, 0.6) is 5.75 Å². The monoisotopic (exact) mass is 250 g/mol. The second-order valence-electron chi connectivity index (χ2n) is 2.82. The molecule has 1 nitrogen and oxygen atoms in total. The van der Waals surface area contributed by atoms with E-state index in [1.165, 1.54) is 0 Å². The Morgan fingerprint density at radius 2 is 2.15 bits per heavy atom. The van der Waals surface area contributed by atoms with Crippen molar-refractivity contribution in [2.45, 2.75) is 12.8 Å². The zero-order valence-corrected chi connectivity index (χ0v) is 8.64. The van der Waals surface area contributed by atoms with Crippen LogP contribution in [0.4, 0.5) is 8.78 Å². The van der Waals surface area contributed by atoms with Crippen LogP contribution in [0.15, 0.2) is 28.7 Å². The number of hydrogen-bond donors (Lipinski definition) is 0. The van der Waals surface area contributed by atoms with Crippen LogP contribution in [0.3, 0.4) is 0 Å². The molecule has 0 heterocycles. The van der Waals surface area contributed by atoms with E-state index in [-0.39, 0.29) is 0 Å². The SMILES string of the molecule is CC(F)(F)COc1cccc(Br)c1. The van der Waals surface area contributed by atoms with Crippen LogP contribution in [0, 0.1) is 0 Å². The number of rotatable bonds is 3. The zero-order chi connectivity index (χ0) is 9.90. The van der Waals surface area contributed by atoms with Crippen molar-refractivity contribution in [3.63, 3.8) is 0 Å². The lowest BCUT2D eigenvalue weighted by molar-refractivity contribution is -0.0229. The molecular formula is C9H9BrF2O. The highest BCUT2D eigenvalue weighted by Crippen LogP contribution is 2.20. The average molecular weight is 251 g/mol. The summed E-state index contributed by atoms with van der Waals surface area (Å²) in [6.45, 7) is 0.231. The topological polar surface area (TPSA) is 9.23 Å². The maximum Gasteiger partial charge on any atom is 0.278 e. The molecule has 0 amide bonds. The van der Waals surface area contributed by atoms with Gasteiger partial charge in [0.1, 0.15) is 5.75 Å². The fourth-order valence-corrected chi connectivity index (χ4v) is 1.15. The molecule has 13 heavy (non-hydrogen) atoms. The third-order valence-corrected chi connectivity index (χ3v) is 1.78. The summed E-state index contributed by atoms with van der Waals surface area (Å²) < 4.78 is 30.4. The van der Waals surface area contributed by atoms with Gasteiger partial charge in [-0.2, -0.15) is 0 Å². The lowest BCUT2D eigenvalue weighted by Gasteiger charge is -2.11. The van der Waals surface area contributed by atoms with E-state index in [0.29, 0.717) is 5.75 Å². The Kier molecular flexibility index (Phi) is 3.25. The standard InChI is InChI=1S/C9H9BrF2O/c1-9(11,12)6-13-8-4-2-3-7(10)5-8/h2-5H,6H2,1H3. The van der Waals surface area contributed by atoms with Crippen LogP contribution in [0.2, 0.25) is 0 Å². The first-order valence-corrected chi connectivity index (χ1v) is 4.53. The van der Waals surface area contributed by atoms with Gasteiger partial charge in [-0.1, -0.05) is 22.0 Å². The molecule has 0 atom stereocenters. The van der Waals surface area contributed by atoms with Gasteiger partial charge in [0, 0.05) is 11.4 Å². The summed E-state index contributed by atoms with van der Waals surface area (Å²) in [6.07, 6.45) is 0. The molecule has 0 bridgehead atoms. The van der Waals surface area contributed by atoms with Crippen LogP contribution >= 0.6 is 15.9 Å². The molecular weight excluding hydrogens is 242 g/mol. The van der Waals surface area contributed by atoms with E-state index >= 15 is 0 Å². The largest absolute Gasteiger partial charge is 0.487 e. The first-order valence-electron chi connectivity index (χ1n) is 3.73. The minimum Gasteiger partial charge on any atom is -0.487 e. The van der Waals surface area contributed by atoms with Crippen molar-refractivity contribution in [2.75, 3.05) is 6.61 Å². The van der Waals surface area contributed by atoms with Gasteiger partial charge in [0.2, 0.25) is 0 Å². The molecule has 0 saturated heterocycles. The van der Waals surface area contributed by atoms with Gasteiger partial charge in [-0.05, 0) is 18.2 Å². The van der Waals surface area contributed by atoms with Gasteiger partial charge in [-0.3, -0.25) is 0 Å². The lowest BCUT2D eigenvalue weighted by Crippen LogP contribution is -2.20. The molecule has 0 unspecified atom stereocenters. The van der Waals surface area contributed by atoms with E-state index in [4.69, 9.17) is 4.74 Å². The van der Waals surface area contributed by atoms with Crippen molar-refractivity contribution in [3.8, 4) is 5.75 Å². The van der Waals surface area contributed by atoms with Gasteiger partial charge < -0.3 is 4.74 Å². The molecule has 0 radical (unpaired) electrons. The van der Waals surface area contributed by atoms with Gasteiger partial charge >= 0.3 is 0 Å². The Bertz CT molecular complexity index is 283. The first kappa shape index (κ1) is 10.4. The molecule has 1 aromatic rings. The number of alkyl halides is 2. The molecule has 4 heteroatoms. The second kappa shape index (κ2) is 4.05. The smallest absolute Gasteiger partial charge is 0.278 e. The summed E-state index contributed by atoms with van der Waals surface area (Å²) in [6, 6.07) is 6.81. The van der Waals surface area contributed by atoms with E-state index < -0.39 is 12.5 Å². The molecule has 0 fully saturated rings. The number of hydrogen-bond acceptors (Lipinski definition) is 1. The summed E-state index contributed by atoms with van der Waals surface area (Å²) in [5.41, 5.74) is 0. The Morgan fingerprint density at radius 3 is 2.69 bits per heavy atom. The maximum atomic E-state index is 12.4. The molecule has 0 N–H and O–H groups in total. The molecule has 0 aliphatic rings. The highest BCUT2D eigenvalue weighted by Gasteiger charge is 2.21. The molecule has 0 spiro atoms. The quantitative estimate of drug-likeness (QED) is 0.799. The van der Waals surface area contributed by atoms with Crippen molar-refractivity contribution < 1.29 is 13.5 Å². The van der Waals surface area contributed by atoms with E-state index in [1.54, 1.807) is 24.3 Å². The van der Waals surface area contributed by atoms with Crippen molar-refractivity contribution in [1.29, 1.82) is 0 Å². The summed E-state index contributed by atoms with van der Waals surface area (Å²) >= 11 is 3.22. The van der Waals surface area contributed by atoms with E-state index in [2.05, 4.69) is 15.9 Å². The molecule has 0 aliphatic heterocycles. The summed E-state index contributed by atoms with van der Waals surface area (Å²) in [4.78, 5) is 0. The number of halogens is 3. The Labute approximate surface area is 83.8 Å². The average Bonchev–Trinajstić information content (AvgIpc) is 2.00. The predicted octanol–water partition coefficient (Wildman–Crippen LogP) is 3.48. The predicted molar refractivity (Wildman–Crippen MR) is 50.3 cm³/mol. The van der Waals surface area contributed by atoms with Gasteiger partial charge in [0.25, 0.3) is 5.92 Å². The van der Waals surface area contributed by atoms with Crippen LogP contribution < -0.4 is 4.74 Å². The van der Waals surface area contributed by atoms with Gasteiger partial charge in [0.15, 0.2) is 6.61 Å². The van der Waals surface area contributed by atoms with Gasteiger partial charge in [-0.15, -0.1) is 0 Å². The van der Waals surface area contributed by atoms with Crippen molar-refractivity contribution in [1.82, 2.24) is 0 Å². The van der Waals surface area contributed by atoms with Crippen LogP contribution in [0.1, 0.15) is 6.92 Å². The van der Waals surface area contributed by atoms with E-state index in [0.717, 1.165) is 11.4 Å². The molecule has 0 saturated carbocycles. The van der Waals surface area contributed by atoms with Crippen LogP contribution in [-0.2, 0) is 0 Å². The Balaban J connectivity index is 2.55. The lowest BCUT2D eigenvalue weighted by atomic mass is 10.3. The molecule has 72 valence electrons. The van der Waals surface area contributed by atoms with Gasteiger partial charge in [-0.25, -0.2) is 8.78 Å². The zero-order valence-electron chi connectivity index (χ0n) is 7.06. The fraction of sp³-hybridized carbons (Fsp3) is 0.333. The third kappa shape index (κ3) is 4.22. The van der Waals surface area contributed by atoms with Gasteiger partial charge in [0.05, 0.1) is 0 Å². The van der Waals surface area contributed by atoms with E-state index in [9.17, 15) is 8.78 Å². The van der Waals surface area contributed by atoms with Crippen LogP contribution in [-0.4, -0.2) is 12.5 Å². The summed E-state index contributed by atoms with van der Waals surface area (Å²) in [7, 11) is 0.